The highest BCUT2D eigenvalue weighted by molar-refractivity contribution is 5.30. The van der Waals surface area contributed by atoms with Crippen LogP contribution < -0.4 is 15.8 Å². The minimum atomic E-state index is 0.118. The second-order valence-corrected chi connectivity index (χ2v) is 6.93. The molecular weight excluding hydrogens is 328 g/mol. The van der Waals surface area contributed by atoms with E-state index in [1.54, 1.807) is 0 Å². The Balaban J connectivity index is 1.20. The average molecular weight is 352 g/mol. The molecule has 2 atom stereocenters. The average Bonchev–Trinajstić information content (AvgIpc) is 3.28. The Morgan fingerprint density at radius 3 is 2.85 bits per heavy atom. The Morgan fingerprint density at radius 1 is 1.23 bits per heavy atom. The highest BCUT2D eigenvalue weighted by Gasteiger charge is 2.36. The van der Waals surface area contributed by atoms with Crippen LogP contribution in [-0.2, 0) is 13.0 Å². The van der Waals surface area contributed by atoms with E-state index < -0.39 is 0 Å². The topological polar surface area (TPSA) is 86.2 Å². The number of ether oxygens (including phenoxy) is 1. The predicted octanol–water partition coefficient (Wildman–Crippen LogP) is 3.03. The quantitative estimate of drug-likeness (QED) is 0.759. The summed E-state index contributed by atoms with van der Waals surface area (Å²) in [5.74, 6) is 2.19. The molecule has 0 saturated heterocycles. The first-order valence-electron chi connectivity index (χ1n) is 9.15. The Kier molecular flexibility index (Phi) is 5.02. The Labute approximate surface area is 153 Å². The molecule has 2 aromatic rings. The van der Waals surface area contributed by atoms with E-state index in [1.807, 2.05) is 0 Å². The van der Waals surface area contributed by atoms with Gasteiger partial charge in [-0.15, -0.1) is 0 Å². The fraction of sp³-hybridized carbons (Fsp3) is 0.400. The molecule has 26 heavy (non-hydrogen) atoms. The number of nitrogen functional groups attached to an aromatic ring is 1. The van der Waals surface area contributed by atoms with Gasteiger partial charge in [-0.1, -0.05) is 35.5 Å². The molecule has 2 aliphatic carbocycles. The minimum Gasteiger partial charge on any atom is -0.489 e. The number of rotatable bonds is 8. The van der Waals surface area contributed by atoms with E-state index in [1.165, 1.54) is 17.6 Å². The Morgan fingerprint density at radius 2 is 2.12 bits per heavy atom. The van der Waals surface area contributed by atoms with Gasteiger partial charge >= 0.3 is 6.01 Å². The fourth-order valence-electron chi connectivity index (χ4n) is 3.25. The SMILES string of the molecule is Nc1nc(CN[C@H]2CC2Cc2ccc(OCC3=CCCC=C3)cc2)no1. The summed E-state index contributed by atoms with van der Waals surface area (Å²) in [4.78, 5) is 4.00. The monoisotopic (exact) mass is 352 g/mol. The summed E-state index contributed by atoms with van der Waals surface area (Å²) >= 11 is 0. The van der Waals surface area contributed by atoms with Crippen LogP contribution in [0.1, 0.15) is 30.7 Å². The van der Waals surface area contributed by atoms with Crippen LogP contribution in [0, 0.1) is 5.92 Å². The normalized spacial score (nSPS) is 21.5. The summed E-state index contributed by atoms with van der Waals surface area (Å²) in [6.07, 6.45) is 11.1. The van der Waals surface area contributed by atoms with E-state index in [0.29, 0.717) is 30.9 Å². The van der Waals surface area contributed by atoms with Crippen LogP contribution in [0.2, 0.25) is 0 Å². The number of nitrogens with two attached hydrogens (primary N) is 1. The van der Waals surface area contributed by atoms with Crippen LogP contribution in [0.5, 0.6) is 5.75 Å². The predicted molar refractivity (Wildman–Crippen MR) is 99.5 cm³/mol. The summed E-state index contributed by atoms with van der Waals surface area (Å²) in [5, 5.41) is 7.24. The molecule has 4 rings (SSSR count). The molecule has 3 N–H and O–H groups in total. The van der Waals surface area contributed by atoms with Crippen molar-refractivity contribution in [2.45, 2.75) is 38.3 Å². The van der Waals surface area contributed by atoms with Gasteiger partial charge in [-0.25, -0.2) is 0 Å². The smallest absolute Gasteiger partial charge is 0.318 e. The lowest BCUT2D eigenvalue weighted by atomic mass is 10.1. The van der Waals surface area contributed by atoms with Gasteiger partial charge in [0, 0.05) is 6.04 Å². The number of allylic oxidation sites excluding steroid dienone is 2. The van der Waals surface area contributed by atoms with Crippen LogP contribution in [0.25, 0.3) is 0 Å². The standard InChI is InChI=1S/C20H24N4O2/c21-20-23-19(24-26-20)12-22-18-11-16(18)10-14-6-8-17(9-7-14)25-13-15-4-2-1-3-5-15/h2,4-9,16,18,22H,1,3,10-13H2,(H2,21,23,24)/t16?,18-/m0/s1. The third kappa shape index (κ3) is 4.52. The van der Waals surface area contributed by atoms with Gasteiger partial charge in [0.1, 0.15) is 12.4 Å². The second-order valence-electron chi connectivity index (χ2n) is 6.93. The number of aromatic nitrogens is 2. The van der Waals surface area contributed by atoms with Crippen LogP contribution >= 0.6 is 0 Å². The molecule has 1 fully saturated rings. The molecule has 6 nitrogen and oxygen atoms in total. The van der Waals surface area contributed by atoms with Gasteiger partial charge in [0.2, 0.25) is 0 Å². The molecule has 1 unspecified atom stereocenters. The lowest BCUT2D eigenvalue weighted by Crippen LogP contribution is -2.19. The maximum absolute atomic E-state index is 5.87. The summed E-state index contributed by atoms with van der Waals surface area (Å²) in [6.45, 7) is 1.24. The molecule has 0 spiro atoms. The van der Waals surface area contributed by atoms with Crippen molar-refractivity contribution in [2.75, 3.05) is 12.3 Å². The largest absolute Gasteiger partial charge is 0.489 e. The molecule has 0 radical (unpaired) electrons. The molecule has 1 heterocycles. The van der Waals surface area contributed by atoms with E-state index in [2.05, 4.69) is 58.0 Å². The van der Waals surface area contributed by atoms with Crippen molar-refractivity contribution in [3.63, 3.8) is 0 Å². The molecular formula is C20H24N4O2. The van der Waals surface area contributed by atoms with Gasteiger partial charge in [0.25, 0.3) is 0 Å². The van der Waals surface area contributed by atoms with Crippen molar-refractivity contribution in [3.8, 4) is 5.75 Å². The molecule has 0 bridgehead atoms. The van der Waals surface area contributed by atoms with E-state index in [4.69, 9.17) is 15.0 Å². The number of anilines is 1. The summed E-state index contributed by atoms with van der Waals surface area (Å²) in [6, 6.07) is 9.08. The Bertz CT molecular complexity index is 794. The number of nitrogens with zero attached hydrogens (tertiary/aromatic N) is 2. The first-order chi connectivity index (χ1) is 12.8. The van der Waals surface area contributed by atoms with Crippen molar-refractivity contribution in [2.24, 2.45) is 5.92 Å². The third-order valence-corrected chi connectivity index (χ3v) is 4.83. The highest BCUT2D eigenvalue weighted by atomic mass is 16.5. The van der Waals surface area contributed by atoms with Crippen molar-refractivity contribution >= 4 is 6.01 Å². The zero-order valence-corrected chi connectivity index (χ0v) is 14.7. The Hall–Kier alpha value is -2.60. The number of hydrogen-bond acceptors (Lipinski definition) is 6. The van der Waals surface area contributed by atoms with Crippen LogP contribution in [0.4, 0.5) is 6.01 Å². The molecule has 2 aliphatic rings. The van der Waals surface area contributed by atoms with Gasteiger partial charge < -0.3 is 20.3 Å². The molecule has 1 saturated carbocycles. The van der Waals surface area contributed by atoms with Gasteiger partial charge in [-0.2, -0.15) is 4.98 Å². The van der Waals surface area contributed by atoms with E-state index in [9.17, 15) is 0 Å². The zero-order valence-electron chi connectivity index (χ0n) is 14.7. The summed E-state index contributed by atoms with van der Waals surface area (Å²) in [7, 11) is 0. The van der Waals surface area contributed by atoms with E-state index >= 15 is 0 Å². The third-order valence-electron chi connectivity index (χ3n) is 4.83. The maximum atomic E-state index is 5.87. The molecule has 136 valence electrons. The number of hydrogen-bond donors (Lipinski definition) is 2. The van der Waals surface area contributed by atoms with Gasteiger partial charge in [0.05, 0.1) is 6.54 Å². The van der Waals surface area contributed by atoms with E-state index in [-0.39, 0.29) is 6.01 Å². The van der Waals surface area contributed by atoms with E-state index in [0.717, 1.165) is 25.0 Å². The summed E-state index contributed by atoms with van der Waals surface area (Å²) in [5.41, 5.74) is 8.02. The highest BCUT2D eigenvalue weighted by Crippen LogP contribution is 2.34. The van der Waals surface area contributed by atoms with Gasteiger partial charge in [0.15, 0.2) is 5.82 Å². The fourth-order valence-corrected chi connectivity index (χ4v) is 3.25. The molecule has 6 heteroatoms. The molecule has 1 aromatic carbocycles. The van der Waals surface area contributed by atoms with Crippen molar-refractivity contribution < 1.29 is 9.26 Å². The molecule has 1 aromatic heterocycles. The number of benzene rings is 1. The lowest BCUT2D eigenvalue weighted by molar-refractivity contribution is 0.354. The number of nitrogens with one attached hydrogen (secondary N) is 1. The van der Waals surface area contributed by atoms with Crippen LogP contribution in [-0.4, -0.2) is 22.8 Å². The van der Waals surface area contributed by atoms with Crippen LogP contribution in [0.15, 0.2) is 52.6 Å². The van der Waals surface area contributed by atoms with Crippen molar-refractivity contribution in [1.82, 2.24) is 15.5 Å². The van der Waals surface area contributed by atoms with Gasteiger partial charge in [-0.3, -0.25) is 0 Å². The summed E-state index contributed by atoms with van der Waals surface area (Å²) < 4.78 is 10.6. The second kappa shape index (κ2) is 7.74. The molecule has 0 aliphatic heterocycles. The first-order valence-corrected chi connectivity index (χ1v) is 9.15. The lowest BCUT2D eigenvalue weighted by Gasteiger charge is -2.10. The van der Waals surface area contributed by atoms with Crippen molar-refractivity contribution in [3.05, 3.63) is 59.5 Å². The molecule has 0 amide bonds. The van der Waals surface area contributed by atoms with Crippen molar-refractivity contribution in [1.29, 1.82) is 0 Å². The zero-order chi connectivity index (χ0) is 17.8. The minimum absolute atomic E-state index is 0.118. The maximum Gasteiger partial charge on any atom is 0.318 e. The van der Waals surface area contributed by atoms with Gasteiger partial charge in [-0.05, 0) is 54.9 Å². The first kappa shape index (κ1) is 16.8. The van der Waals surface area contributed by atoms with Crippen LogP contribution in [0.3, 0.4) is 0 Å².